The van der Waals surface area contributed by atoms with Crippen molar-refractivity contribution in [1.82, 2.24) is 0 Å². The van der Waals surface area contributed by atoms with Crippen LogP contribution in [0.3, 0.4) is 0 Å². The lowest BCUT2D eigenvalue weighted by molar-refractivity contribution is 0.991. The molecule has 0 amide bonds. The van der Waals surface area contributed by atoms with Gasteiger partial charge in [0.2, 0.25) is 0 Å². The summed E-state index contributed by atoms with van der Waals surface area (Å²) < 4.78 is 0. The maximum atomic E-state index is 3.45. The first-order valence-corrected chi connectivity index (χ1v) is 2.86. The number of rotatable bonds is 0. The highest BCUT2D eigenvalue weighted by atomic mass is 79.9. The second kappa shape index (κ2) is 0.970. The maximum Gasteiger partial charge on any atom is 0.0174 e. The third-order valence-corrected chi connectivity index (χ3v) is 2.29. The van der Waals surface area contributed by atoms with Crippen LogP contribution in [0.2, 0.25) is 0 Å². The summed E-state index contributed by atoms with van der Waals surface area (Å²) in [5, 5.41) is 0. The average Bonchev–Trinajstić information content (AvgIpc) is 1.79. The Bertz CT molecular complexity index is 36.9. The van der Waals surface area contributed by atoms with Crippen LogP contribution < -0.4 is 0 Å². The molecule has 0 radical (unpaired) electrons. The van der Waals surface area contributed by atoms with Crippen LogP contribution in [0.15, 0.2) is 0 Å². The van der Waals surface area contributed by atoms with Gasteiger partial charge in [0.25, 0.3) is 0 Å². The van der Waals surface area contributed by atoms with Gasteiger partial charge in [0, 0.05) is 4.83 Å². The Labute approximate surface area is 40.7 Å². The lowest BCUT2D eigenvalue weighted by atomic mass is 10.5. The predicted molar refractivity (Wildman–Crippen MR) is 26.5 cm³/mol. The lowest BCUT2D eigenvalue weighted by Gasteiger charge is -1.64. The molecule has 0 aromatic rings. The predicted octanol–water partition coefficient (Wildman–Crippen LogP) is 1.79. The van der Waals surface area contributed by atoms with Gasteiger partial charge in [-0.3, -0.25) is 0 Å². The standard InChI is InChI=1S/C4H7Br/c1-3-2-4(3)5/h3-4H,2H2,1H3/t3-,4+/m0/s1. The second-order valence-electron chi connectivity index (χ2n) is 1.73. The van der Waals surface area contributed by atoms with E-state index in [-0.39, 0.29) is 0 Å². The summed E-state index contributed by atoms with van der Waals surface area (Å²) in [6.45, 7) is 2.25. The first kappa shape index (κ1) is 3.66. The normalized spacial score (nSPS) is 49.2. The zero-order valence-corrected chi connectivity index (χ0v) is 4.83. The molecule has 0 heterocycles. The van der Waals surface area contributed by atoms with Crippen molar-refractivity contribution in [2.45, 2.75) is 18.2 Å². The maximum absolute atomic E-state index is 3.45. The Balaban J connectivity index is 2.20. The molecule has 0 unspecified atom stereocenters. The van der Waals surface area contributed by atoms with E-state index in [9.17, 15) is 0 Å². The summed E-state index contributed by atoms with van der Waals surface area (Å²) in [5.41, 5.74) is 0. The molecule has 1 rings (SSSR count). The van der Waals surface area contributed by atoms with Crippen molar-refractivity contribution < 1.29 is 0 Å². The van der Waals surface area contributed by atoms with Crippen LogP contribution in [-0.4, -0.2) is 4.83 Å². The molecule has 0 N–H and O–H groups in total. The van der Waals surface area contributed by atoms with Gasteiger partial charge in [-0.1, -0.05) is 22.9 Å². The molecule has 0 aromatic carbocycles. The van der Waals surface area contributed by atoms with Gasteiger partial charge in [0.15, 0.2) is 0 Å². The molecule has 1 saturated carbocycles. The summed E-state index contributed by atoms with van der Waals surface area (Å²) in [4.78, 5) is 0.863. The van der Waals surface area contributed by atoms with E-state index in [0.717, 1.165) is 10.7 Å². The smallest absolute Gasteiger partial charge is 0.0174 e. The zero-order valence-electron chi connectivity index (χ0n) is 3.24. The van der Waals surface area contributed by atoms with Gasteiger partial charge in [0.05, 0.1) is 0 Å². The number of hydrogen-bond acceptors (Lipinski definition) is 0. The van der Waals surface area contributed by atoms with Crippen molar-refractivity contribution in [1.29, 1.82) is 0 Å². The molecule has 0 saturated heterocycles. The third kappa shape index (κ3) is 0.656. The molecule has 0 aliphatic heterocycles. The largest absolute Gasteiger partial charge is 0.0888 e. The fourth-order valence-corrected chi connectivity index (χ4v) is 0.866. The van der Waals surface area contributed by atoms with E-state index in [4.69, 9.17) is 0 Å². The number of alkyl halides is 1. The van der Waals surface area contributed by atoms with Gasteiger partial charge in [-0.15, -0.1) is 0 Å². The van der Waals surface area contributed by atoms with Crippen molar-refractivity contribution in [2.75, 3.05) is 0 Å². The highest BCUT2D eigenvalue weighted by Gasteiger charge is 2.28. The van der Waals surface area contributed by atoms with Crippen LogP contribution >= 0.6 is 15.9 Å². The summed E-state index contributed by atoms with van der Waals surface area (Å²) in [7, 11) is 0. The molecule has 30 valence electrons. The Hall–Kier alpha value is 0.480. The average molecular weight is 135 g/mol. The second-order valence-corrected chi connectivity index (χ2v) is 2.91. The van der Waals surface area contributed by atoms with Crippen molar-refractivity contribution in [2.24, 2.45) is 5.92 Å². The SMILES string of the molecule is C[C@H]1C[C@H]1Br. The number of hydrogen-bond donors (Lipinski definition) is 0. The van der Waals surface area contributed by atoms with Crippen LogP contribution in [-0.2, 0) is 0 Å². The van der Waals surface area contributed by atoms with Crippen molar-refractivity contribution >= 4 is 15.9 Å². The zero-order chi connectivity index (χ0) is 3.86. The van der Waals surface area contributed by atoms with E-state index in [2.05, 4.69) is 22.9 Å². The van der Waals surface area contributed by atoms with E-state index < -0.39 is 0 Å². The van der Waals surface area contributed by atoms with E-state index in [1.807, 2.05) is 0 Å². The molecule has 0 aromatic heterocycles. The quantitative estimate of drug-likeness (QED) is 0.444. The van der Waals surface area contributed by atoms with Crippen LogP contribution in [0.5, 0.6) is 0 Å². The Morgan fingerprint density at radius 2 is 2.00 bits per heavy atom. The van der Waals surface area contributed by atoms with Gasteiger partial charge in [-0.2, -0.15) is 0 Å². The topological polar surface area (TPSA) is 0 Å². The fourth-order valence-electron chi connectivity index (χ4n) is 0.277. The molecular weight excluding hydrogens is 128 g/mol. The Kier molecular flexibility index (Phi) is 0.710. The minimum atomic E-state index is 0.863. The fraction of sp³-hybridized carbons (Fsp3) is 1.00. The highest BCUT2D eigenvalue weighted by molar-refractivity contribution is 9.09. The minimum absolute atomic E-state index is 0.863. The van der Waals surface area contributed by atoms with Crippen LogP contribution in [0.25, 0.3) is 0 Å². The van der Waals surface area contributed by atoms with Crippen LogP contribution in [0, 0.1) is 5.92 Å². The molecular formula is C4H7Br. The summed E-state index contributed by atoms with van der Waals surface area (Å²) in [5.74, 6) is 0.968. The summed E-state index contributed by atoms with van der Waals surface area (Å²) in [6.07, 6.45) is 1.39. The molecule has 0 nitrogen and oxygen atoms in total. The van der Waals surface area contributed by atoms with E-state index in [1.54, 1.807) is 0 Å². The van der Waals surface area contributed by atoms with E-state index in [1.165, 1.54) is 6.42 Å². The first-order valence-electron chi connectivity index (χ1n) is 1.95. The first-order chi connectivity index (χ1) is 2.30. The Morgan fingerprint density at radius 1 is 1.80 bits per heavy atom. The van der Waals surface area contributed by atoms with Crippen LogP contribution in [0.4, 0.5) is 0 Å². The lowest BCUT2D eigenvalue weighted by Crippen LogP contribution is -1.59. The summed E-state index contributed by atoms with van der Waals surface area (Å²) >= 11 is 3.45. The molecule has 0 bridgehead atoms. The van der Waals surface area contributed by atoms with Gasteiger partial charge in [0.1, 0.15) is 0 Å². The molecule has 1 aliphatic rings. The number of halogens is 1. The monoisotopic (exact) mass is 134 g/mol. The molecule has 1 fully saturated rings. The molecule has 0 spiro atoms. The van der Waals surface area contributed by atoms with Gasteiger partial charge >= 0.3 is 0 Å². The van der Waals surface area contributed by atoms with E-state index in [0.29, 0.717) is 0 Å². The minimum Gasteiger partial charge on any atom is -0.0888 e. The molecule has 2 atom stereocenters. The van der Waals surface area contributed by atoms with Crippen LogP contribution in [0.1, 0.15) is 13.3 Å². The molecule has 1 aliphatic carbocycles. The highest BCUT2D eigenvalue weighted by Crippen LogP contribution is 2.36. The van der Waals surface area contributed by atoms with Gasteiger partial charge in [-0.05, 0) is 12.3 Å². The molecule has 1 heteroatoms. The third-order valence-electron chi connectivity index (χ3n) is 1.01. The van der Waals surface area contributed by atoms with Crippen molar-refractivity contribution in [3.8, 4) is 0 Å². The Morgan fingerprint density at radius 3 is 2.00 bits per heavy atom. The van der Waals surface area contributed by atoms with Gasteiger partial charge < -0.3 is 0 Å². The molecule has 5 heavy (non-hydrogen) atoms. The van der Waals surface area contributed by atoms with Gasteiger partial charge in [-0.25, -0.2) is 0 Å². The van der Waals surface area contributed by atoms with E-state index >= 15 is 0 Å². The summed E-state index contributed by atoms with van der Waals surface area (Å²) in [6, 6.07) is 0. The van der Waals surface area contributed by atoms with Crippen molar-refractivity contribution in [3.05, 3.63) is 0 Å². The van der Waals surface area contributed by atoms with Crippen molar-refractivity contribution in [3.63, 3.8) is 0 Å².